The van der Waals surface area contributed by atoms with Crippen LogP contribution in [0.4, 0.5) is 0 Å². The highest BCUT2D eigenvalue weighted by Gasteiger charge is 2.20. The van der Waals surface area contributed by atoms with Crippen molar-refractivity contribution in [3.05, 3.63) is 59.4 Å². The van der Waals surface area contributed by atoms with Gasteiger partial charge in [-0.15, -0.1) is 0 Å². The van der Waals surface area contributed by atoms with E-state index in [0.29, 0.717) is 13.0 Å². The zero-order valence-electron chi connectivity index (χ0n) is 18.1. The second-order valence-electron chi connectivity index (χ2n) is 8.15. The number of benzene rings is 1. The molecule has 1 saturated heterocycles. The molecular weight excluding hydrogens is 376 g/mol. The van der Waals surface area contributed by atoms with Crippen LogP contribution in [0.5, 0.6) is 0 Å². The number of carbonyl (C=O) groups excluding carboxylic acids is 1. The maximum atomic E-state index is 13.1. The fourth-order valence-electron chi connectivity index (χ4n) is 3.83. The van der Waals surface area contributed by atoms with E-state index in [1.807, 2.05) is 18.0 Å². The number of hydrogen-bond donors (Lipinski definition) is 0. The molecule has 0 radical (unpaired) electrons. The second-order valence-corrected chi connectivity index (χ2v) is 8.15. The Morgan fingerprint density at radius 2 is 1.77 bits per heavy atom. The Kier molecular flexibility index (Phi) is 6.16. The molecule has 4 rings (SSSR count). The molecule has 0 spiro atoms. The number of pyridine rings is 1. The Hall–Kier alpha value is -2.70. The Balaban J connectivity index is 1.57. The first-order valence-electron chi connectivity index (χ1n) is 10.6. The summed E-state index contributed by atoms with van der Waals surface area (Å²) in [5, 5.41) is 0. The molecule has 0 bridgehead atoms. The number of likely N-dealkylation sites (N-methyl/N-ethyl adjacent to an activating group) is 1. The Labute approximate surface area is 178 Å². The number of fused-ring (bicyclic) bond motifs is 1. The highest BCUT2D eigenvalue weighted by molar-refractivity contribution is 5.81. The van der Waals surface area contributed by atoms with Gasteiger partial charge in [-0.2, -0.15) is 0 Å². The van der Waals surface area contributed by atoms with E-state index in [1.54, 1.807) is 0 Å². The third-order valence-corrected chi connectivity index (χ3v) is 5.79. The number of imidazole rings is 1. The van der Waals surface area contributed by atoms with E-state index in [2.05, 4.69) is 59.7 Å². The summed E-state index contributed by atoms with van der Waals surface area (Å²) in [6.45, 7) is 9.16. The van der Waals surface area contributed by atoms with Crippen LogP contribution >= 0.6 is 0 Å². The number of aromatic nitrogens is 2. The van der Waals surface area contributed by atoms with E-state index >= 15 is 0 Å². The van der Waals surface area contributed by atoms with Crippen molar-refractivity contribution < 1.29 is 9.53 Å². The van der Waals surface area contributed by atoms with Gasteiger partial charge in [0.15, 0.2) is 0 Å². The van der Waals surface area contributed by atoms with Gasteiger partial charge in [0, 0.05) is 45.0 Å². The summed E-state index contributed by atoms with van der Waals surface area (Å²) in [6.07, 6.45) is 2.39. The van der Waals surface area contributed by atoms with Gasteiger partial charge in [0.25, 0.3) is 0 Å². The van der Waals surface area contributed by atoms with Crippen molar-refractivity contribution in [2.45, 2.75) is 20.3 Å². The summed E-state index contributed by atoms with van der Waals surface area (Å²) in [7, 11) is 1.89. The van der Waals surface area contributed by atoms with Crippen molar-refractivity contribution in [2.24, 2.45) is 0 Å². The van der Waals surface area contributed by atoms with Gasteiger partial charge in [0.05, 0.1) is 31.0 Å². The minimum absolute atomic E-state index is 0.111. The van der Waals surface area contributed by atoms with Gasteiger partial charge in [-0.1, -0.05) is 35.9 Å². The monoisotopic (exact) mass is 406 g/mol. The molecule has 0 atom stereocenters. The van der Waals surface area contributed by atoms with Crippen molar-refractivity contribution in [2.75, 3.05) is 46.4 Å². The molecule has 6 nitrogen and oxygen atoms in total. The van der Waals surface area contributed by atoms with Crippen molar-refractivity contribution in [3.8, 4) is 11.3 Å². The van der Waals surface area contributed by atoms with E-state index in [-0.39, 0.29) is 5.91 Å². The summed E-state index contributed by atoms with van der Waals surface area (Å²) in [5.74, 6) is 0.111. The van der Waals surface area contributed by atoms with E-state index in [9.17, 15) is 4.79 Å². The summed E-state index contributed by atoms with van der Waals surface area (Å²) >= 11 is 0. The smallest absolute Gasteiger partial charge is 0.228 e. The molecule has 30 heavy (non-hydrogen) atoms. The number of hydrogen-bond acceptors (Lipinski definition) is 4. The van der Waals surface area contributed by atoms with E-state index in [4.69, 9.17) is 9.72 Å². The lowest BCUT2D eigenvalue weighted by Crippen LogP contribution is -2.42. The van der Waals surface area contributed by atoms with Gasteiger partial charge in [-0.25, -0.2) is 4.98 Å². The van der Waals surface area contributed by atoms with Crippen LogP contribution in [-0.4, -0.2) is 71.5 Å². The van der Waals surface area contributed by atoms with Crippen LogP contribution in [0.2, 0.25) is 0 Å². The van der Waals surface area contributed by atoms with Gasteiger partial charge in [-0.3, -0.25) is 9.69 Å². The number of nitrogens with zero attached hydrogens (tertiary/aromatic N) is 4. The molecule has 2 aromatic heterocycles. The van der Waals surface area contributed by atoms with Crippen LogP contribution in [0.1, 0.15) is 16.8 Å². The number of rotatable bonds is 6. The SMILES string of the molecule is Cc1ccc(-c2nc3ccc(C)cn3c2CC(=O)N(C)CCN2CCOCC2)cc1. The van der Waals surface area contributed by atoms with Gasteiger partial charge in [-0.05, 0) is 25.5 Å². The maximum Gasteiger partial charge on any atom is 0.228 e. The fourth-order valence-corrected chi connectivity index (χ4v) is 3.83. The maximum absolute atomic E-state index is 13.1. The molecule has 3 heterocycles. The summed E-state index contributed by atoms with van der Waals surface area (Å²) in [5.41, 5.74) is 6.09. The average Bonchev–Trinajstić information content (AvgIpc) is 3.10. The quantitative estimate of drug-likeness (QED) is 0.632. The largest absolute Gasteiger partial charge is 0.379 e. The molecule has 3 aromatic rings. The first-order chi connectivity index (χ1) is 14.5. The van der Waals surface area contributed by atoms with Gasteiger partial charge in [0.2, 0.25) is 5.91 Å². The van der Waals surface area contributed by atoms with Crippen molar-refractivity contribution in [3.63, 3.8) is 0 Å². The molecule has 1 aromatic carbocycles. The van der Waals surface area contributed by atoms with E-state index in [1.165, 1.54) is 5.56 Å². The third kappa shape index (κ3) is 4.55. The van der Waals surface area contributed by atoms with Crippen molar-refractivity contribution in [1.82, 2.24) is 19.2 Å². The highest BCUT2D eigenvalue weighted by Crippen LogP contribution is 2.26. The minimum atomic E-state index is 0.111. The minimum Gasteiger partial charge on any atom is -0.379 e. The van der Waals surface area contributed by atoms with E-state index in [0.717, 1.165) is 61.0 Å². The number of amides is 1. The number of carbonyl (C=O) groups is 1. The standard InChI is InChI=1S/C24H30N4O2/c1-18-4-7-20(8-5-18)24-21(28-17-19(2)6-9-22(28)25-24)16-23(29)26(3)10-11-27-12-14-30-15-13-27/h4-9,17H,10-16H2,1-3H3. The Morgan fingerprint density at radius 3 is 2.50 bits per heavy atom. The van der Waals surface area contributed by atoms with Gasteiger partial charge < -0.3 is 14.0 Å². The lowest BCUT2D eigenvalue weighted by Gasteiger charge is -2.28. The van der Waals surface area contributed by atoms with Crippen LogP contribution in [-0.2, 0) is 16.0 Å². The summed E-state index contributed by atoms with van der Waals surface area (Å²) in [6, 6.07) is 12.4. The summed E-state index contributed by atoms with van der Waals surface area (Å²) in [4.78, 5) is 22.1. The molecule has 0 saturated carbocycles. The first-order valence-corrected chi connectivity index (χ1v) is 10.6. The first kappa shape index (κ1) is 20.6. The molecule has 1 amide bonds. The zero-order valence-corrected chi connectivity index (χ0v) is 18.1. The van der Waals surface area contributed by atoms with Crippen molar-refractivity contribution in [1.29, 1.82) is 0 Å². The lowest BCUT2D eigenvalue weighted by atomic mass is 10.1. The average molecular weight is 407 g/mol. The highest BCUT2D eigenvalue weighted by atomic mass is 16.5. The van der Waals surface area contributed by atoms with Gasteiger partial charge >= 0.3 is 0 Å². The second kappa shape index (κ2) is 8.98. The third-order valence-electron chi connectivity index (χ3n) is 5.79. The molecule has 1 aliphatic rings. The fraction of sp³-hybridized carbons (Fsp3) is 0.417. The number of aryl methyl sites for hydroxylation is 2. The normalized spacial score (nSPS) is 14.9. The molecule has 0 N–H and O–H groups in total. The van der Waals surface area contributed by atoms with Crippen molar-refractivity contribution >= 4 is 11.6 Å². The molecule has 1 fully saturated rings. The number of ether oxygens (including phenoxy) is 1. The predicted molar refractivity (Wildman–Crippen MR) is 119 cm³/mol. The lowest BCUT2D eigenvalue weighted by molar-refractivity contribution is -0.129. The summed E-state index contributed by atoms with van der Waals surface area (Å²) < 4.78 is 7.47. The number of morpholine rings is 1. The van der Waals surface area contributed by atoms with Crippen LogP contribution in [0, 0.1) is 13.8 Å². The molecule has 0 unspecified atom stereocenters. The molecule has 158 valence electrons. The van der Waals surface area contributed by atoms with E-state index < -0.39 is 0 Å². The van der Waals surface area contributed by atoms with Crippen LogP contribution in [0.25, 0.3) is 16.9 Å². The molecule has 6 heteroatoms. The topological polar surface area (TPSA) is 50.1 Å². The zero-order chi connectivity index (χ0) is 21.1. The molecular formula is C24H30N4O2. The van der Waals surface area contributed by atoms with Crippen LogP contribution < -0.4 is 0 Å². The van der Waals surface area contributed by atoms with Gasteiger partial charge in [0.1, 0.15) is 5.65 Å². The molecule has 0 aliphatic carbocycles. The van der Waals surface area contributed by atoms with Crippen LogP contribution in [0.3, 0.4) is 0 Å². The van der Waals surface area contributed by atoms with Crippen LogP contribution in [0.15, 0.2) is 42.6 Å². The Bertz CT molecular complexity index is 1020. The predicted octanol–water partition coefficient (Wildman–Crippen LogP) is 2.95. The molecule has 1 aliphatic heterocycles. The Morgan fingerprint density at radius 1 is 1.07 bits per heavy atom.